The Balaban J connectivity index is 0. The second-order valence-corrected chi connectivity index (χ2v) is 0.500. The van der Waals surface area contributed by atoms with Crippen molar-refractivity contribution in [1.29, 1.82) is 0 Å². The van der Waals surface area contributed by atoms with E-state index in [9.17, 15) is 0 Å². The monoisotopic (exact) mass is 93.0 g/mol. The molecule has 0 bridgehead atoms. The van der Waals surface area contributed by atoms with Crippen LogP contribution in [0.4, 0.5) is 0 Å². The minimum absolute atomic E-state index is 0. The number of nitrogens with one attached hydrogen (secondary N) is 1. The molecule has 22 valence electrons. The fraction of sp³-hybridized carbons (Fsp3) is 1.00. The molecule has 0 aliphatic rings. The molecular weight excluding hydrogens is 85.9 g/mol. The molecule has 1 nitrogen and oxygen atoms in total. The second-order valence-electron chi connectivity index (χ2n) is 0.500. The van der Waals surface area contributed by atoms with Crippen LogP contribution >= 0.6 is 0 Å². The molecule has 0 aliphatic carbocycles. The van der Waals surface area contributed by atoms with E-state index in [4.69, 9.17) is 0 Å². The van der Waals surface area contributed by atoms with Crippen LogP contribution in [-0.2, 0) is 21.7 Å². The van der Waals surface area contributed by atoms with Gasteiger partial charge in [-0.15, -0.1) is 0 Å². The van der Waals surface area contributed by atoms with Crippen molar-refractivity contribution in [1.82, 2.24) is 5.32 Å². The normalized spacial score (nSPS) is 4.50. The van der Waals surface area contributed by atoms with E-state index in [1.165, 1.54) is 0 Å². The molecule has 0 aromatic heterocycles. The predicted octanol–water partition coefficient (Wildman–Crippen LogP) is -0.167. The van der Waals surface area contributed by atoms with Crippen molar-refractivity contribution in [3.05, 3.63) is 0 Å². The Morgan fingerprint density at radius 3 is 1.25 bits per heavy atom. The zero-order valence-corrected chi connectivity index (χ0v) is 4.56. The fourth-order valence-corrected chi connectivity index (χ4v) is 0. The van der Waals surface area contributed by atoms with Crippen LogP contribution in [0.25, 0.3) is 0 Å². The van der Waals surface area contributed by atoms with Crippen LogP contribution in [0, 0.1) is 0 Å². The molecule has 0 aromatic rings. The third-order valence-corrected chi connectivity index (χ3v) is 0. The van der Waals surface area contributed by atoms with E-state index in [1.807, 2.05) is 14.1 Å². The van der Waals surface area contributed by atoms with Gasteiger partial charge in [0.15, 0.2) is 0 Å². The van der Waals surface area contributed by atoms with Gasteiger partial charge in [0.2, 0.25) is 0 Å². The Labute approximate surface area is 41.7 Å². The van der Waals surface area contributed by atoms with Gasteiger partial charge in [-0.1, -0.05) is 0 Å². The van der Waals surface area contributed by atoms with Gasteiger partial charge in [0.1, 0.15) is 0 Å². The zero-order valence-electron chi connectivity index (χ0n) is 3.00. The zero-order chi connectivity index (χ0) is 2.71. The van der Waals surface area contributed by atoms with E-state index in [-0.39, 0.29) is 21.7 Å². The van der Waals surface area contributed by atoms with E-state index < -0.39 is 0 Å². The summed E-state index contributed by atoms with van der Waals surface area (Å²) in [5.41, 5.74) is 0. The summed E-state index contributed by atoms with van der Waals surface area (Å²) in [5, 5.41) is 2.75. The third kappa shape index (κ3) is 16.5. The first-order chi connectivity index (χ1) is 1.41. The third-order valence-electron chi connectivity index (χ3n) is 0. The molecule has 0 aliphatic heterocycles. The summed E-state index contributed by atoms with van der Waals surface area (Å²) in [6.07, 6.45) is 0. The number of rotatable bonds is 0. The standard InChI is InChI=1S/C2H7N.Ti/c1-3-2;/h3H,1-2H3;/q;+2. The molecule has 0 amide bonds. The van der Waals surface area contributed by atoms with Crippen molar-refractivity contribution in [2.45, 2.75) is 0 Å². The van der Waals surface area contributed by atoms with Crippen LogP contribution in [-0.4, -0.2) is 14.1 Å². The summed E-state index contributed by atoms with van der Waals surface area (Å²) < 4.78 is 0. The SMILES string of the molecule is CNC.[Ti+2]. The number of hydrogen-bond donors (Lipinski definition) is 1. The van der Waals surface area contributed by atoms with Crippen LogP contribution in [0.5, 0.6) is 0 Å². The first-order valence-electron chi connectivity index (χ1n) is 1.00. The average molecular weight is 93.0 g/mol. The van der Waals surface area contributed by atoms with E-state index in [0.29, 0.717) is 0 Å². The van der Waals surface area contributed by atoms with Gasteiger partial charge < -0.3 is 5.32 Å². The summed E-state index contributed by atoms with van der Waals surface area (Å²) in [5.74, 6) is 0. The van der Waals surface area contributed by atoms with Gasteiger partial charge in [0.05, 0.1) is 0 Å². The van der Waals surface area contributed by atoms with Crippen LogP contribution < -0.4 is 5.32 Å². The topological polar surface area (TPSA) is 12.0 Å². The largest absolute Gasteiger partial charge is 2.00 e. The molecule has 0 rings (SSSR count). The van der Waals surface area contributed by atoms with E-state index in [2.05, 4.69) is 5.32 Å². The molecule has 4 heavy (non-hydrogen) atoms. The maximum Gasteiger partial charge on any atom is 2.00 e. The molecule has 0 saturated heterocycles. The molecule has 0 unspecified atom stereocenters. The van der Waals surface area contributed by atoms with Gasteiger partial charge in [-0.25, -0.2) is 0 Å². The van der Waals surface area contributed by atoms with Crippen molar-refractivity contribution in [2.75, 3.05) is 14.1 Å². The summed E-state index contributed by atoms with van der Waals surface area (Å²) >= 11 is 0. The summed E-state index contributed by atoms with van der Waals surface area (Å²) in [6, 6.07) is 0. The molecule has 0 spiro atoms. The van der Waals surface area contributed by atoms with Crippen LogP contribution in [0.2, 0.25) is 0 Å². The summed E-state index contributed by atoms with van der Waals surface area (Å²) in [6.45, 7) is 0. The molecule has 0 saturated carbocycles. The molecule has 2 heteroatoms. The predicted molar refractivity (Wildman–Crippen MR) is 15.0 cm³/mol. The maximum absolute atomic E-state index is 2.75. The van der Waals surface area contributed by atoms with E-state index >= 15 is 0 Å². The van der Waals surface area contributed by atoms with Gasteiger partial charge in [-0.2, -0.15) is 0 Å². The van der Waals surface area contributed by atoms with Crippen LogP contribution in [0.1, 0.15) is 0 Å². The smallest absolute Gasteiger partial charge is 0.323 e. The average Bonchev–Trinajstić information content (AvgIpc) is 0.918. The van der Waals surface area contributed by atoms with Crippen molar-refractivity contribution in [2.24, 2.45) is 0 Å². The minimum Gasteiger partial charge on any atom is -0.323 e. The van der Waals surface area contributed by atoms with Gasteiger partial charge >= 0.3 is 21.7 Å². The Bertz CT molecular complexity index is 6.00. The molecular formula is C2H7NTi+2. The van der Waals surface area contributed by atoms with Gasteiger partial charge in [0, 0.05) is 0 Å². The van der Waals surface area contributed by atoms with Crippen molar-refractivity contribution < 1.29 is 21.7 Å². The molecule has 0 radical (unpaired) electrons. The van der Waals surface area contributed by atoms with Crippen LogP contribution in [0.3, 0.4) is 0 Å². The first kappa shape index (κ1) is 8.82. The number of hydrogen-bond acceptors (Lipinski definition) is 1. The summed E-state index contributed by atoms with van der Waals surface area (Å²) in [4.78, 5) is 0. The second kappa shape index (κ2) is 9.37. The van der Waals surface area contributed by atoms with Gasteiger partial charge in [-0.3, -0.25) is 0 Å². The summed E-state index contributed by atoms with van der Waals surface area (Å²) in [7, 11) is 3.75. The Morgan fingerprint density at radius 2 is 1.25 bits per heavy atom. The van der Waals surface area contributed by atoms with E-state index in [0.717, 1.165) is 0 Å². The van der Waals surface area contributed by atoms with Crippen molar-refractivity contribution >= 4 is 0 Å². The maximum atomic E-state index is 2.75. The minimum atomic E-state index is 0. The van der Waals surface area contributed by atoms with E-state index in [1.54, 1.807) is 0 Å². The fourth-order valence-electron chi connectivity index (χ4n) is 0. The molecule has 0 fully saturated rings. The van der Waals surface area contributed by atoms with Crippen molar-refractivity contribution in [3.63, 3.8) is 0 Å². The molecule has 1 N–H and O–H groups in total. The molecule has 0 heterocycles. The van der Waals surface area contributed by atoms with Crippen molar-refractivity contribution in [3.8, 4) is 0 Å². The Hall–Kier alpha value is 0.674. The molecule has 0 aromatic carbocycles. The quantitative estimate of drug-likeness (QED) is 0.410. The van der Waals surface area contributed by atoms with Gasteiger partial charge in [0.25, 0.3) is 0 Å². The van der Waals surface area contributed by atoms with Gasteiger partial charge in [-0.05, 0) is 14.1 Å². The Kier molecular flexibility index (Phi) is 20.7. The van der Waals surface area contributed by atoms with Crippen LogP contribution in [0.15, 0.2) is 0 Å². The first-order valence-corrected chi connectivity index (χ1v) is 1.00. The molecule has 0 atom stereocenters. The Morgan fingerprint density at radius 1 is 1.25 bits per heavy atom.